The number of amides is 1. The highest BCUT2D eigenvalue weighted by atomic mass is 32.1. The minimum atomic E-state index is -0.170. The number of thiophene rings is 1. The molecule has 0 fully saturated rings. The number of thiazole rings is 1. The van der Waals surface area contributed by atoms with E-state index in [4.69, 9.17) is 4.52 Å². The van der Waals surface area contributed by atoms with Crippen LogP contribution in [0.5, 0.6) is 0 Å². The Hall–Kier alpha value is -2.84. The number of carbonyl (C=O) groups is 1. The van der Waals surface area contributed by atoms with Crippen molar-refractivity contribution in [2.75, 3.05) is 5.32 Å². The van der Waals surface area contributed by atoms with Crippen molar-refractivity contribution in [1.29, 1.82) is 0 Å². The van der Waals surface area contributed by atoms with Gasteiger partial charge in [0.15, 0.2) is 5.13 Å². The first-order valence-corrected chi connectivity index (χ1v) is 10.1. The number of carbonyl (C=O) groups excluding carboxylic acids is 1. The fourth-order valence-electron chi connectivity index (χ4n) is 2.52. The fourth-order valence-corrected chi connectivity index (χ4v) is 4.17. The van der Waals surface area contributed by atoms with Gasteiger partial charge in [0, 0.05) is 5.56 Å². The maximum atomic E-state index is 12.3. The largest absolute Gasteiger partial charge is 0.333 e. The molecule has 0 spiro atoms. The highest BCUT2D eigenvalue weighted by molar-refractivity contribution is 7.19. The average molecular weight is 396 g/mol. The molecule has 0 aliphatic rings. The quantitative estimate of drug-likeness (QED) is 0.495. The minimum Gasteiger partial charge on any atom is -0.333 e. The van der Waals surface area contributed by atoms with Gasteiger partial charge in [-0.2, -0.15) is 4.98 Å². The monoisotopic (exact) mass is 396 g/mol. The van der Waals surface area contributed by atoms with E-state index in [1.54, 1.807) is 6.07 Å². The predicted molar refractivity (Wildman–Crippen MR) is 107 cm³/mol. The van der Waals surface area contributed by atoms with E-state index in [0.717, 1.165) is 16.1 Å². The summed E-state index contributed by atoms with van der Waals surface area (Å²) in [5, 5.41) is 9.32. The topological polar surface area (TPSA) is 80.9 Å². The summed E-state index contributed by atoms with van der Waals surface area (Å²) < 4.78 is 5.49. The van der Waals surface area contributed by atoms with Crippen molar-refractivity contribution < 1.29 is 9.32 Å². The number of hydrogen-bond acceptors (Lipinski definition) is 7. The molecule has 8 heteroatoms. The van der Waals surface area contributed by atoms with Gasteiger partial charge in [0.1, 0.15) is 4.88 Å². The Bertz CT molecular complexity index is 1050. The van der Waals surface area contributed by atoms with E-state index < -0.39 is 0 Å². The van der Waals surface area contributed by atoms with Crippen molar-refractivity contribution in [2.45, 2.75) is 19.8 Å². The van der Waals surface area contributed by atoms with Crippen LogP contribution in [0.25, 0.3) is 22.2 Å². The molecule has 0 unspecified atom stereocenters. The van der Waals surface area contributed by atoms with Gasteiger partial charge in [0.05, 0.1) is 10.6 Å². The van der Waals surface area contributed by atoms with E-state index in [-0.39, 0.29) is 11.8 Å². The Labute approximate surface area is 163 Å². The predicted octanol–water partition coefficient (Wildman–Crippen LogP) is 5.30. The summed E-state index contributed by atoms with van der Waals surface area (Å²) in [6, 6.07) is 13.3. The highest BCUT2D eigenvalue weighted by Gasteiger charge is 2.22. The van der Waals surface area contributed by atoms with Crippen LogP contribution in [0.15, 0.2) is 52.4 Å². The molecular weight excluding hydrogens is 380 g/mol. The summed E-state index contributed by atoms with van der Waals surface area (Å²) in [6.07, 6.45) is 0. The van der Waals surface area contributed by atoms with Crippen LogP contribution < -0.4 is 5.32 Å². The van der Waals surface area contributed by atoms with Crippen molar-refractivity contribution >= 4 is 33.7 Å². The number of rotatable bonds is 5. The van der Waals surface area contributed by atoms with E-state index in [2.05, 4.69) is 20.4 Å². The summed E-state index contributed by atoms with van der Waals surface area (Å²) in [6.45, 7) is 4.08. The molecule has 4 rings (SSSR count). The van der Waals surface area contributed by atoms with Gasteiger partial charge < -0.3 is 4.52 Å². The van der Waals surface area contributed by atoms with Crippen LogP contribution in [0.1, 0.15) is 35.1 Å². The molecule has 0 radical (unpaired) electrons. The first-order valence-electron chi connectivity index (χ1n) is 8.37. The molecule has 1 aromatic carbocycles. The fraction of sp³-hybridized carbons (Fsp3) is 0.158. The summed E-state index contributed by atoms with van der Waals surface area (Å²) in [7, 11) is 0. The number of anilines is 1. The summed E-state index contributed by atoms with van der Waals surface area (Å²) in [5.74, 6) is 0.913. The van der Waals surface area contributed by atoms with Gasteiger partial charge in [-0.05, 0) is 17.4 Å². The summed E-state index contributed by atoms with van der Waals surface area (Å²) in [5.41, 5.74) is 1.71. The van der Waals surface area contributed by atoms with E-state index in [1.165, 1.54) is 22.7 Å². The third-order valence-electron chi connectivity index (χ3n) is 3.82. The van der Waals surface area contributed by atoms with Gasteiger partial charge in [-0.25, -0.2) is 4.98 Å². The molecule has 0 atom stereocenters. The molecule has 4 aromatic rings. The van der Waals surface area contributed by atoms with Crippen molar-refractivity contribution in [3.63, 3.8) is 0 Å². The molecule has 1 N–H and O–H groups in total. The third kappa shape index (κ3) is 3.67. The number of nitrogens with one attached hydrogen (secondary N) is 1. The SMILES string of the molecule is CC(C)c1nc(NC(=O)c2cccs2)sc1-c1nc(-c2ccccc2)no1. The molecule has 6 nitrogen and oxygen atoms in total. The zero-order valence-corrected chi connectivity index (χ0v) is 16.3. The highest BCUT2D eigenvalue weighted by Crippen LogP contribution is 2.37. The Morgan fingerprint density at radius 1 is 1.11 bits per heavy atom. The number of benzene rings is 1. The molecular formula is C19H16N4O2S2. The van der Waals surface area contributed by atoms with Crippen molar-refractivity contribution in [2.24, 2.45) is 0 Å². The molecule has 3 heterocycles. The second kappa shape index (κ2) is 7.42. The molecule has 3 aromatic heterocycles. The first kappa shape index (κ1) is 17.6. The molecule has 0 saturated heterocycles. The van der Waals surface area contributed by atoms with Gasteiger partial charge in [0.25, 0.3) is 11.8 Å². The minimum absolute atomic E-state index is 0.149. The lowest BCUT2D eigenvalue weighted by atomic mass is 10.1. The normalized spacial score (nSPS) is 11.1. The van der Waals surface area contributed by atoms with Gasteiger partial charge >= 0.3 is 0 Å². The first-order chi connectivity index (χ1) is 13.1. The molecule has 0 aliphatic heterocycles. The van der Waals surface area contributed by atoms with Crippen LogP contribution in [0.3, 0.4) is 0 Å². The van der Waals surface area contributed by atoms with E-state index >= 15 is 0 Å². The lowest BCUT2D eigenvalue weighted by Gasteiger charge is -2.01. The number of hydrogen-bond donors (Lipinski definition) is 1. The van der Waals surface area contributed by atoms with Gasteiger partial charge in [-0.1, -0.05) is 66.7 Å². The van der Waals surface area contributed by atoms with Crippen LogP contribution in [0.4, 0.5) is 5.13 Å². The third-order valence-corrected chi connectivity index (χ3v) is 5.66. The Morgan fingerprint density at radius 2 is 1.93 bits per heavy atom. The Kier molecular flexibility index (Phi) is 4.83. The summed E-state index contributed by atoms with van der Waals surface area (Å²) in [4.78, 5) is 22.8. The number of nitrogens with zero attached hydrogens (tertiary/aromatic N) is 3. The maximum absolute atomic E-state index is 12.3. The van der Waals surface area contributed by atoms with Crippen molar-refractivity contribution in [1.82, 2.24) is 15.1 Å². The van der Waals surface area contributed by atoms with Crippen molar-refractivity contribution in [3.05, 3.63) is 58.4 Å². The zero-order chi connectivity index (χ0) is 18.8. The Morgan fingerprint density at radius 3 is 2.63 bits per heavy atom. The van der Waals surface area contributed by atoms with Crippen LogP contribution in [-0.4, -0.2) is 21.0 Å². The van der Waals surface area contributed by atoms with E-state index in [1.807, 2.05) is 55.6 Å². The maximum Gasteiger partial charge on any atom is 0.270 e. The van der Waals surface area contributed by atoms with Crippen LogP contribution in [-0.2, 0) is 0 Å². The molecule has 27 heavy (non-hydrogen) atoms. The second-order valence-corrected chi connectivity index (χ2v) is 8.06. The standard InChI is InChI=1S/C19H16N4O2S2/c1-11(2)14-15(18-21-16(23-25-18)12-7-4-3-5-8-12)27-19(20-14)22-17(24)13-9-6-10-26-13/h3-11H,1-2H3,(H,20,22,24). The summed E-state index contributed by atoms with van der Waals surface area (Å²) >= 11 is 2.73. The van der Waals surface area contributed by atoms with E-state index in [9.17, 15) is 4.79 Å². The Balaban J connectivity index is 1.65. The van der Waals surface area contributed by atoms with Crippen LogP contribution in [0.2, 0.25) is 0 Å². The molecule has 1 amide bonds. The average Bonchev–Trinajstić information content (AvgIpc) is 3.42. The van der Waals surface area contributed by atoms with Gasteiger partial charge in [-0.15, -0.1) is 11.3 Å². The molecule has 0 bridgehead atoms. The molecule has 0 saturated carbocycles. The van der Waals surface area contributed by atoms with Crippen molar-refractivity contribution in [3.8, 4) is 22.2 Å². The van der Waals surface area contributed by atoms with Crippen LogP contribution in [0, 0.1) is 0 Å². The lowest BCUT2D eigenvalue weighted by Crippen LogP contribution is -2.09. The second-order valence-electron chi connectivity index (χ2n) is 6.11. The smallest absolute Gasteiger partial charge is 0.270 e. The zero-order valence-electron chi connectivity index (χ0n) is 14.7. The van der Waals surface area contributed by atoms with Gasteiger partial charge in [0.2, 0.25) is 5.82 Å². The van der Waals surface area contributed by atoms with Crippen LogP contribution >= 0.6 is 22.7 Å². The molecule has 0 aliphatic carbocycles. The number of aromatic nitrogens is 3. The molecule has 136 valence electrons. The van der Waals surface area contributed by atoms with Gasteiger partial charge in [-0.3, -0.25) is 10.1 Å². The lowest BCUT2D eigenvalue weighted by molar-refractivity contribution is 0.103. The van der Waals surface area contributed by atoms with E-state index in [0.29, 0.717) is 21.7 Å².